The molecule has 0 aliphatic heterocycles. The van der Waals surface area contributed by atoms with Gasteiger partial charge >= 0.3 is 5.97 Å². The molecule has 4 heteroatoms. The van der Waals surface area contributed by atoms with Gasteiger partial charge in [0.2, 0.25) is 0 Å². The molecule has 0 saturated heterocycles. The number of ether oxygens (including phenoxy) is 2. The van der Waals surface area contributed by atoms with Gasteiger partial charge in [0, 0.05) is 11.1 Å². The number of carbonyl (C=O) groups is 1. The maximum absolute atomic E-state index is 12.9. The summed E-state index contributed by atoms with van der Waals surface area (Å²) >= 11 is 0. The summed E-state index contributed by atoms with van der Waals surface area (Å²) in [6.07, 6.45) is 4.02. The van der Waals surface area contributed by atoms with Crippen LogP contribution in [0.1, 0.15) is 40.0 Å². The molecule has 0 spiro atoms. The minimum atomic E-state index is -0.278. The smallest absolute Gasteiger partial charge is 0.339 e. The number of nitrogens with zero attached hydrogens (tertiary/aromatic N) is 1. The Morgan fingerprint density at radius 1 is 1.04 bits per heavy atom. The number of benzene rings is 2. The van der Waals surface area contributed by atoms with Crippen molar-refractivity contribution in [2.24, 2.45) is 0 Å². The lowest BCUT2D eigenvalue weighted by molar-refractivity contribution is 0.0451. The van der Waals surface area contributed by atoms with Gasteiger partial charge in [0.1, 0.15) is 19.0 Å². The maximum Gasteiger partial charge on any atom is 0.339 e. The highest BCUT2D eigenvalue weighted by molar-refractivity contribution is 6.05. The molecule has 0 N–H and O–H groups in total. The van der Waals surface area contributed by atoms with E-state index in [1.54, 1.807) is 0 Å². The minimum absolute atomic E-state index is 0.220. The number of carbonyl (C=O) groups excluding carboxylic acids is 1. The second-order valence-corrected chi connectivity index (χ2v) is 6.94. The summed E-state index contributed by atoms with van der Waals surface area (Å²) < 4.78 is 11.2. The van der Waals surface area contributed by atoms with Gasteiger partial charge in [-0.3, -0.25) is 4.98 Å². The molecule has 138 valence electrons. The fourth-order valence-electron chi connectivity index (χ4n) is 3.68. The standard InChI is InChI=1S/C23H23NO3/c1-16-7-6-8-17(15-16)26-13-14-27-23(25)22-18-9-2-4-11-20(18)24-21-12-5-3-10-19(21)22/h2,4,6-9,11,15H,3,5,10,12-14H2,1H3. The average molecular weight is 361 g/mol. The highest BCUT2D eigenvalue weighted by Crippen LogP contribution is 2.29. The van der Waals surface area contributed by atoms with Gasteiger partial charge in [-0.15, -0.1) is 0 Å². The van der Waals surface area contributed by atoms with Crippen molar-refractivity contribution in [3.05, 3.63) is 70.9 Å². The first kappa shape index (κ1) is 17.5. The minimum Gasteiger partial charge on any atom is -0.490 e. The molecule has 4 rings (SSSR count). The van der Waals surface area contributed by atoms with Gasteiger partial charge in [0.15, 0.2) is 0 Å². The lowest BCUT2D eigenvalue weighted by atomic mass is 9.90. The third-order valence-corrected chi connectivity index (χ3v) is 4.95. The Morgan fingerprint density at radius 3 is 2.78 bits per heavy atom. The van der Waals surface area contributed by atoms with Crippen LogP contribution < -0.4 is 4.74 Å². The van der Waals surface area contributed by atoms with Crippen LogP contribution in [0.2, 0.25) is 0 Å². The normalized spacial score (nSPS) is 13.2. The Balaban J connectivity index is 1.50. The summed E-state index contributed by atoms with van der Waals surface area (Å²) in [5.41, 5.74) is 4.79. The molecule has 1 aliphatic rings. The molecule has 0 amide bonds. The van der Waals surface area contributed by atoms with Crippen molar-refractivity contribution < 1.29 is 14.3 Å². The van der Waals surface area contributed by atoms with Crippen molar-refractivity contribution in [2.45, 2.75) is 32.6 Å². The molecule has 1 aromatic heterocycles. The summed E-state index contributed by atoms with van der Waals surface area (Å²) in [6, 6.07) is 15.7. The molecule has 2 aromatic carbocycles. The quantitative estimate of drug-likeness (QED) is 0.490. The van der Waals surface area contributed by atoms with Crippen molar-refractivity contribution in [2.75, 3.05) is 13.2 Å². The van der Waals surface area contributed by atoms with E-state index >= 15 is 0 Å². The molecular formula is C23H23NO3. The third-order valence-electron chi connectivity index (χ3n) is 4.95. The summed E-state index contributed by atoms with van der Waals surface area (Å²) in [7, 11) is 0. The van der Waals surface area contributed by atoms with Crippen LogP contribution >= 0.6 is 0 Å². The number of rotatable bonds is 5. The van der Waals surface area contributed by atoms with Crippen LogP contribution in [0.4, 0.5) is 0 Å². The first-order valence-corrected chi connectivity index (χ1v) is 9.49. The molecule has 4 nitrogen and oxygen atoms in total. The van der Waals surface area contributed by atoms with Crippen molar-refractivity contribution in [1.82, 2.24) is 4.98 Å². The van der Waals surface area contributed by atoms with E-state index in [9.17, 15) is 4.79 Å². The zero-order valence-electron chi connectivity index (χ0n) is 15.5. The highest BCUT2D eigenvalue weighted by atomic mass is 16.6. The van der Waals surface area contributed by atoms with Crippen molar-refractivity contribution in [1.29, 1.82) is 0 Å². The largest absolute Gasteiger partial charge is 0.490 e. The van der Waals surface area contributed by atoms with Crippen LogP contribution in [-0.2, 0) is 17.6 Å². The van der Waals surface area contributed by atoms with Crippen LogP contribution in [0, 0.1) is 6.92 Å². The van der Waals surface area contributed by atoms with E-state index in [1.165, 1.54) is 0 Å². The summed E-state index contributed by atoms with van der Waals surface area (Å²) in [5.74, 6) is 0.511. The Morgan fingerprint density at radius 2 is 1.89 bits per heavy atom. The zero-order chi connectivity index (χ0) is 18.6. The lowest BCUT2D eigenvalue weighted by Gasteiger charge is -2.20. The van der Waals surface area contributed by atoms with Gasteiger partial charge in [-0.2, -0.15) is 0 Å². The van der Waals surface area contributed by atoms with Crippen LogP contribution in [-0.4, -0.2) is 24.2 Å². The van der Waals surface area contributed by atoms with E-state index in [0.29, 0.717) is 12.2 Å². The van der Waals surface area contributed by atoms with Crippen molar-refractivity contribution in [3.63, 3.8) is 0 Å². The predicted molar refractivity (Wildman–Crippen MR) is 105 cm³/mol. The highest BCUT2D eigenvalue weighted by Gasteiger charge is 2.23. The number of aryl methyl sites for hydroxylation is 2. The van der Waals surface area contributed by atoms with E-state index in [-0.39, 0.29) is 12.6 Å². The molecule has 1 heterocycles. The van der Waals surface area contributed by atoms with Crippen LogP contribution in [0.15, 0.2) is 48.5 Å². The molecule has 0 unspecified atom stereocenters. The zero-order valence-corrected chi connectivity index (χ0v) is 15.5. The molecule has 0 fully saturated rings. The monoisotopic (exact) mass is 361 g/mol. The number of hydrogen-bond acceptors (Lipinski definition) is 4. The number of aromatic nitrogens is 1. The third kappa shape index (κ3) is 3.80. The molecule has 0 radical (unpaired) electrons. The molecule has 0 atom stereocenters. The van der Waals surface area contributed by atoms with Gasteiger partial charge in [-0.25, -0.2) is 4.79 Å². The first-order valence-electron chi connectivity index (χ1n) is 9.49. The van der Waals surface area contributed by atoms with E-state index in [2.05, 4.69) is 0 Å². The lowest BCUT2D eigenvalue weighted by Crippen LogP contribution is -2.18. The molecule has 27 heavy (non-hydrogen) atoms. The second-order valence-electron chi connectivity index (χ2n) is 6.94. The summed E-state index contributed by atoms with van der Waals surface area (Å²) in [6.45, 7) is 2.57. The predicted octanol–water partition coefficient (Wildman–Crippen LogP) is 4.66. The number of fused-ring (bicyclic) bond motifs is 2. The molecule has 1 aliphatic carbocycles. The number of para-hydroxylation sites is 1. The van der Waals surface area contributed by atoms with Gasteiger partial charge in [-0.1, -0.05) is 30.3 Å². The number of hydrogen-bond donors (Lipinski definition) is 0. The SMILES string of the molecule is Cc1cccc(OCCOC(=O)c2c3c(nc4ccccc24)CCCC3)c1. The van der Waals surface area contributed by atoms with E-state index in [4.69, 9.17) is 14.5 Å². The first-order chi connectivity index (χ1) is 13.2. The van der Waals surface area contributed by atoms with Crippen molar-refractivity contribution in [3.8, 4) is 5.75 Å². The number of pyridine rings is 1. The van der Waals surface area contributed by atoms with Crippen LogP contribution in [0.3, 0.4) is 0 Å². The fourth-order valence-corrected chi connectivity index (χ4v) is 3.68. The topological polar surface area (TPSA) is 48.4 Å². The van der Waals surface area contributed by atoms with E-state index in [0.717, 1.165) is 59.2 Å². The van der Waals surface area contributed by atoms with Gasteiger partial charge in [-0.05, 0) is 61.9 Å². The van der Waals surface area contributed by atoms with E-state index < -0.39 is 0 Å². The Bertz CT molecular complexity index is 981. The Labute approximate surface area is 159 Å². The average Bonchev–Trinajstić information content (AvgIpc) is 2.69. The second kappa shape index (κ2) is 7.78. The molecular weight excluding hydrogens is 338 g/mol. The number of esters is 1. The Hall–Kier alpha value is -2.88. The van der Waals surface area contributed by atoms with Crippen molar-refractivity contribution >= 4 is 16.9 Å². The van der Waals surface area contributed by atoms with Crippen LogP contribution in [0.25, 0.3) is 10.9 Å². The summed E-state index contributed by atoms with van der Waals surface area (Å²) in [5, 5.41) is 0.878. The molecule has 0 saturated carbocycles. The Kier molecular flexibility index (Phi) is 5.05. The van der Waals surface area contributed by atoms with Gasteiger partial charge in [0.05, 0.1) is 11.1 Å². The maximum atomic E-state index is 12.9. The van der Waals surface area contributed by atoms with Gasteiger partial charge in [0.25, 0.3) is 0 Å². The fraction of sp³-hybridized carbons (Fsp3) is 0.304. The molecule has 0 bridgehead atoms. The van der Waals surface area contributed by atoms with Crippen LogP contribution in [0.5, 0.6) is 5.75 Å². The molecule has 3 aromatic rings. The van der Waals surface area contributed by atoms with Gasteiger partial charge < -0.3 is 9.47 Å². The van der Waals surface area contributed by atoms with E-state index in [1.807, 2.05) is 55.5 Å². The summed E-state index contributed by atoms with van der Waals surface area (Å²) in [4.78, 5) is 17.7.